The van der Waals surface area contributed by atoms with E-state index >= 15 is 0 Å². The maximum absolute atomic E-state index is 13.6. The van der Waals surface area contributed by atoms with Crippen molar-refractivity contribution >= 4 is 15.7 Å². The van der Waals surface area contributed by atoms with E-state index in [1.54, 1.807) is 0 Å². The van der Waals surface area contributed by atoms with Crippen LogP contribution in [0.15, 0.2) is 0 Å². The van der Waals surface area contributed by atoms with Gasteiger partial charge in [-0.2, -0.15) is 0 Å². The Morgan fingerprint density at radius 3 is 2.12 bits per heavy atom. The molecular weight excluding hydrogens is 322 g/mol. The van der Waals surface area contributed by atoms with E-state index in [1.165, 1.54) is 19.3 Å². The average molecular weight is 354 g/mol. The van der Waals surface area contributed by atoms with Crippen LogP contribution in [0.4, 0.5) is 0 Å². The van der Waals surface area contributed by atoms with Crippen LogP contribution >= 0.6 is 0 Å². The topological polar surface area (TPSA) is 54.5 Å². The molecule has 1 aliphatic heterocycles. The largest absolute Gasteiger partial charge is 0.338 e. The normalized spacial score (nSPS) is 42.4. The van der Waals surface area contributed by atoms with Gasteiger partial charge in [0.1, 0.15) is 0 Å². The highest BCUT2D eigenvalue weighted by atomic mass is 32.2. The lowest BCUT2D eigenvalue weighted by molar-refractivity contribution is -0.159. The smallest absolute Gasteiger partial charge is 0.229 e. The minimum atomic E-state index is -2.95. The molecule has 1 saturated heterocycles. The molecule has 24 heavy (non-hydrogen) atoms. The Kier molecular flexibility index (Phi) is 4.21. The van der Waals surface area contributed by atoms with Crippen molar-refractivity contribution in [1.82, 2.24) is 4.90 Å². The predicted octanol–water partition coefficient (Wildman–Crippen LogP) is 3.02. The summed E-state index contributed by atoms with van der Waals surface area (Å²) in [6.45, 7) is 2.88. The van der Waals surface area contributed by atoms with E-state index in [-0.39, 0.29) is 23.0 Å². The van der Waals surface area contributed by atoms with Crippen molar-refractivity contribution in [2.24, 2.45) is 23.2 Å². The third-order valence-corrected chi connectivity index (χ3v) is 8.90. The molecule has 0 aromatic rings. The molecule has 136 valence electrons. The first-order chi connectivity index (χ1) is 11.4. The SMILES string of the molecule is CCCCN(C(=O)C12CC3CC(CC(C3)C1)C2)C1CCS(=O)(=O)C1. The van der Waals surface area contributed by atoms with Crippen molar-refractivity contribution < 1.29 is 13.2 Å². The second-order valence-electron chi connectivity index (χ2n) is 9.11. The molecule has 4 saturated carbocycles. The summed E-state index contributed by atoms with van der Waals surface area (Å²) >= 11 is 0. The highest BCUT2D eigenvalue weighted by Crippen LogP contribution is 2.60. The van der Waals surface area contributed by atoms with Gasteiger partial charge in [-0.15, -0.1) is 0 Å². The quantitative estimate of drug-likeness (QED) is 0.763. The zero-order chi connectivity index (χ0) is 16.9. The van der Waals surface area contributed by atoms with Gasteiger partial charge in [-0.1, -0.05) is 13.3 Å². The van der Waals surface area contributed by atoms with Gasteiger partial charge < -0.3 is 4.90 Å². The Labute approximate surface area is 146 Å². The Balaban J connectivity index is 1.57. The van der Waals surface area contributed by atoms with Crippen molar-refractivity contribution in [3.63, 3.8) is 0 Å². The van der Waals surface area contributed by atoms with Crippen LogP contribution in [0.3, 0.4) is 0 Å². The average Bonchev–Trinajstić information content (AvgIpc) is 2.86. The molecule has 5 rings (SSSR count). The molecule has 4 bridgehead atoms. The Morgan fingerprint density at radius 1 is 1.08 bits per heavy atom. The highest BCUT2D eigenvalue weighted by molar-refractivity contribution is 7.91. The molecule has 1 atom stereocenters. The molecule has 1 unspecified atom stereocenters. The number of hydrogen-bond donors (Lipinski definition) is 0. The van der Waals surface area contributed by atoms with Crippen molar-refractivity contribution in [2.45, 2.75) is 70.8 Å². The van der Waals surface area contributed by atoms with E-state index in [0.717, 1.165) is 56.4 Å². The lowest BCUT2D eigenvalue weighted by atomic mass is 9.49. The molecule has 5 heteroatoms. The molecule has 0 spiro atoms. The minimum absolute atomic E-state index is 0.0675. The second-order valence-corrected chi connectivity index (χ2v) is 11.3. The van der Waals surface area contributed by atoms with Crippen LogP contribution in [0.2, 0.25) is 0 Å². The number of carbonyl (C=O) groups is 1. The summed E-state index contributed by atoms with van der Waals surface area (Å²) in [5.41, 5.74) is -0.144. The molecule has 0 N–H and O–H groups in total. The van der Waals surface area contributed by atoms with E-state index in [2.05, 4.69) is 6.92 Å². The maximum atomic E-state index is 13.6. The van der Waals surface area contributed by atoms with Crippen LogP contribution in [0.25, 0.3) is 0 Å². The van der Waals surface area contributed by atoms with Gasteiger partial charge in [-0.05, 0) is 69.1 Å². The number of amides is 1. The number of nitrogens with zero attached hydrogens (tertiary/aromatic N) is 1. The molecule has 4 aliphatic carbocycles. The molecule has 0 radical (unpaired) electrons. The molecule has 0 aromatic carbocycles. The minimum Gasteiger partial charge on any atom is -0.338 e. The van der Waals surface area contributed by atoms with Crippen molar-refractivity contribution in [3.05, 3.63) is 0 Å². The predicted molar refractivity (Wildman–Crippen MR) is 94.3 cm³/mol. The van der Waals surface area contributed by atoms with Crippen LogP contribution < -0.4 is 0 Å². The van der Waals surface area contributed by atoms with Gasteiger partial charge >= 0.3 is 0 Å². The van der Waals surface area contributed by atoms with E-state index in [9.17, 15) is 13.2 Å². The van der Waals surface area contributed by atoms with Crippen LogP contribution in [0.1, 0.15) is 64.7 Å². The van der Waals surface area contributed by atoms with Crippen LogP contribution in [0.5, 0.6) is 0 Å². The third kappa shape index (κ3) is 2.91. The fourth-order valence-electron chi connectivity index (χ4n) is 6.48. The summed E-state index contributed by atoms with van der Waals surface area (Å²) in [6, 6.07) is -0.0675. The van der Waals surface area contributed by atoms with Gasteiger partial charge in [0.05, 0.1) is 16.9 Å². The zero-order valence-corrected chi connectivity index (χ0v) is 15.7. The molecular formula is C19H31NO3S. The number of carbonyl (C=O) groups excluding carboxylic acids is 1. The maximum Gasteiger partial charge on any atom is 0.229 e. The Morgan fingerprint density at radius 2 is 1.67 bits per heavy atom. The number of sulfone groups is 1. The first-order valence-electron chi connectivity index (χ1n) is 9.92. The van der Waals surface area contributed by atoms with Gasteiger partial charge in [-0.25, -0.2) is 8.42 Å². The molecule has 5 aliphatic rings. The Bertz CT molecular complexity index is 577. The van der Waals surface area contributed by atoms with Crippen molar-refractivity contribution in [1.29, 1.82) is 0 Å². The lowest BCUT2D eigenvalue weighted by Gasteiger charge is -2.57. The molecule has 5 fully saturated rings. The molecule has 1 amide bonds. The Hall–Kier alpha value is -0.580. The number of rotatable bonds is 5. The monoisotopic (exact) mass is 353 g/mol. The summed E-state index contributed by atoms with van der Waals surface area (Å²) in [5.74, 6) is 3.02. The second kappa shape index (κ2) is 6.00. The van der Waals surface area contributed by atoms with E-state index < -0.39 is 9.84 Å². The molecule has 4 nitrogen and oxygen atoms in total. The first-order valence-corrected chi connectivity index (χ1v) is 11.7. The van der Waals surface area contributed by atoms with Crippen molar-refractivity contribution in [3.8, 4) is 0 Å². The van der Waals surface area contributed by atoms with Gasteiger partial charge in [0.25, 0.3) is 0 Å². The van der Waals surface area contributed by atoms with E-state index in [1.807, 2.05) is 4.90 Å². The first kappa shape index (κ1) is 16.9. The fourth-order valence-corrected chi connectivity index (χ4v) is 8.21. The zero-order valence-electron chi connectivity index (χ0n) is 14.9. The standard InChI is InChI=1S/C19H31NO3S/c1-2-3-5-20(17-4-6-24(22,23)13-17)18(21)19-10-14-7-15(11-19)9-16(8-14)12-19/h14-17H,2-13H2,1H3. The van der Waals surface area contributed by atoms with Gasteiger partial charge in [0.15, 0.2) is 9.84 Å². The van der Waals surface area contributed by atoms with E-state index in [0.29, 0.717) is 12.3 Å². The van der Waals surface area contributed by atoms with Crippen LogP contribution in [-0.2, 0) is 14.6 Å². The summed E-state index contributed by atoms with van der Waals surface area (Å²) in [6.07, 6.45) is 9.88. The summed E-state index contributed by atoms with van der Waals surface area (Å²) < 4.78 is 23.9. The fraction of sp³-hybridized carbons (Fsp3) is 0.947. The summed E-state index contributed by atoms with van der Waals surface area (Å²) in [4.78, 5) is 15.6. The van der Waals surface area contributed by atoms with E-state index in [4.69, 9.17) is 0 Å². The van der Waals surface area contributed by atoms with Crippen LogP contribution in [-0.4, -0.2) is 43.3 Å². The molecule has 1 heterocycles. The molecule has 0 aromatic heterocycles. The highest BCUT2D eigenvalue weighted by Gasteiger charge is 2.56. The van der Waals surface area contributed by atoms with Gasteiger partial charge in [0, 0.05) is 12.6 Å². The van der Waals surface area contributed by atoms with Crippen molar-refractivity contribution in [2.75, 3.05) is 18.1 Å². The summed E-state index contributed by atoms with van der Waals surface area (Å²) in [7, 11) is -2.95. The van der Waals surface area contributed by atoms with Gasteiger partial charge in [-0.3, -0.25) is 4.79 Å². The number of hydrogen-bond acceptors (Lipinski definition) is 3. The van der Waals surface area contributed by atoms with Crippen LogP contribution in [0, 0.1) is 23.2 Å². The third-order valence-electron chi connectivity index (χ3n) is 7.15. The summed E-state index contributed by atoms with van der Waals surface area (Å²) in [5, 5.41) is 0. The van der Waals surface area contributed by atoms with Gasteiger partial charge in [0.2, 0.25) is 5.91 Å². The number of unbranched alkanes of at least 4 members (excludes halogenated alkanes) is 1. The lowest BCUT2D eigenvalue weighted by Crippen LogP contribution is -2.56.